The first kappa shape index (κ1) is 16.8. The lowest BCUT2D eigenvalue weighted by molar-refractivity contribution is -0.126. The smallest absolute Gasteiger partial charge is 0.266 e. The summed E-state index contributed by atoms with van der Waals surface area (Å²) in [6, 6.07) is 18.6. The number of hydrogen-bond acceptors (Lipinski definition) is 4. The van der Waals surface area contributed by atoms with Gasteiger partial charge in [-0.3, -0.25) is 14.4 Å². The molecule has 0 saturated carbocycles. The third-order valence-corrected chi connectivity index (χ3v) is 4.98. The summed E-state index contributed by atoms with van der Waals surface area (Å²) in [6.07, 6.45) is 0.0178. The van der Waals surface area contributed by atoms with E-state index in [4.69, 9.17) is 4.84 Å². The van der Waals surface area contributed by atoms with Crippen LogP contribution in [0.15, 0.2) is 60.7 Å². The number of anilines is 2. The van der Waals surface area contributed by atoms with Crippen molar-refractivity contribution in [1.29, 1.82) is 0 Å². The fourth-order valence-electron chi connectivity index (χ4n) is 3.88. The third-order valence-electron chi connectivity index (χ3n) is 4.98. The molecule has 2 aromatic rings. The number of nitrogens with zero attached hydrogens (tertiary/aromatic N) is 2. The van der Waals surface area contributed by atoms with Crippen LogP contribution < -0.4 is 9.96 Å². The molecule has 2 aliphatic heterocycles. The van der Waals surface area contributed by atoms with Gasteiger partial charge in [-0.1, -0.05) is 50.2 Å². The highest BCUT2D eigenvalue weighted by Gasteiger charge is 2.59. The molecule has 26 heavy (non-hydrogen) atoms. The molecule has 0 aromatic heterocycles. The van der Waals surface area contributed by atoms with E-state index in [1.165, 1.54) is 4.90 Å². The first-order valence-corrected chi connectivity index (χ1v) is 9.02. The minimum atomic E-state index is -0.758. The van der Waals surface area contributed by atoms with Gasteiger partial charge in [0.2, 0.25) is 5.91 Å². The maximum Gasteiger partial charge on any atom is 0.266 e. The third kappa shape index (κ3) is 2.69. The van der Waals surface area contributed by atoms with Crippen molar-refractivity contribution in [3.8, 4) is 0 Å². The number of para-hydroxylation sites is 2. The van der Waals surface area contributed by atoms with Gasteiger partial charge in [-0.2, -0.15) is 0 Å². The molecule has 2 saturated heterocycles. The van der Waals surface area contributed by atoms with Crippen LogP contribution in [0.3, 0.4) is 0 Å². The van der Waals surface area contributed by atoms with Crippen molar-refractivity contribution in [3.63, 3.8) is 0 Å². The molecule has 2 amide bonds. The average molecular weight is 350 g/mol. The van der Waals surface area contributed by atoms with Crippen LogP contribution in [0.4, 0.5) is 11.4 Å². The Morgan fingerprint density at radius 3 is 2.04 bits per heavy atom. The van der Waals surface area contributed by atoms with Crippen LogP contribution in [0.1, 0.15) is 20.3 Å². The molecular weight excluding hydrogens is 328 g/mol. The molecule has 5 heteroatoms. The highest BCUT2D eigenvalue weighted by molar-refractivity contribution is 6.23. The van der Waals surface area contributed by atoms with Gasteiger partial charge in [-0.05, 0) is 36.6 Å². The first-order chi connectivity index (χ1) is 12.6. The van der Waals surface area contributed by atoms with Crippen molar-refractivity contribution in [1.82, 2.24) is 0 Å². The Balaban J connectivity index is 1.70. The normalized spacial score (nSPS) is 25.3. The second-order valence-electron chi connectivity index (χ2n) is 7.26. The van der Waals surface area contributed by atoms with Crippen molar-refractivity contribution in [3.05, 3.63) is 60.7 Å². The summed E-state index contributed by atoms with van der Waals surface area (Å²) in [5.41, 5.74) is 1.48. The summed E-state index contributed by atoms with van der Waals surface area (Å²) in [6.45, 7) is 4.24. The quantitative estimate of drug-likeness (QED) is 0.793. The number of rotatable bonds is 4. The van der Waals surface area contributed by atoms with E-state index in [1.54, 1.807) is 17.2 Å². The molecule has 0 N–H and O–H groups in total. The number of fused-ring (bicyclic) bond motifs is 1. The van der Waals surface area contributed by atoms with Gasteiger partial charge >= 0.3 is 0 Å². The standard InChI is InChI=1S/C21H22N2O3/c1-14(2)13-17-18-19(26-23(17)16-11-7-4-8-12-16)21(25)22(20(18)24)15-9-5-3-6-10-15/h3-12,14,17-19H,13H2,1-2H3/t17-,18-,19-/m1/s1. The summed E-state index contributed by atoms with van der Waals surface area (Å²) in [5.74, 6) is -0.554. The Bertz CT molecular complexity index is 807. The molecule has 4 rings (SSSR count). The van der Waals surface area contributed by atoms with E-state index in [2.05, 4.69) is 13.8 Å². The minimum absolute atomic E-state index is 0.160. The van der Waals surface area contributed by atoms with Crippen LogP contribution in [-0.4, -0.2) is 24.0 Å². The van der Waals surface area contributed by atoms with Gasteiger partial charge in [-0.25, -0.2) is 9.96 Å². The predicted molar refractivity (Wildman–Crippen MR) is 99.5 cm³/mol. The van der Waals surface area contributed by atoms with E-state index in [0.717, 1.165) is 12.1 Å². The number of hydrogen-bond donors (Lipinski definition) is 0. The van der Waals surface area contributed by atoms with Crippen LogP contribution >= 0.6 is 0 Å². The van der Waals surface area contributed by atoms with E-state index in [-0.39, 0.29) is 17.9 Å². The molecule has 0 aliphatic carbocycles. The molecule has 3 atom stereocenters. The molecule has 2 heterocycles. The molecule has 0 spiro atoms. The van der Waals surface area contributed by atoms with Gasteiger partial charge in [0.05, 0.1) is 23.3 Å². The van der Waals surface area contributed by atoms with Gasteiger partial charge in [0.1, 0.15) is 0 Å². The van der Waals surface area contributed by atoms with Crippen LogP contribution in [-0.2, 0) is 14.4 Å². The zero-order valence-corrected chi connectivity index (χ0v) is 14.9. The molecule has 134 valence electrons. The van der Waals surface area contributed by atoms with Crippen molar-refractivity contribution >= 4 is 23.2 Å². The highest BCUT2D eigenvalue weighted by atomic mass is 16.7. The number of amides is 2. The Labute approximate surface area is 153 Å². The topological polar surface area (TPSA) is 49.9 Å². The molecule has 2 aromatic carbocycles. The first-order valence-electron chi connectivity index (χ1n) is 9.02. The van der Waals surface area contributed by atoms with Gasteiger partial charge in [0.15, 0.2) is 6.10 Å². The van der Waals surface area contributed by atoms with E-state index in [1.807, 2.05) is 48.5 Å². The maximum absolute atomic E-state index is 13.2. The summed E-state index contributed by atoms with van der Waals surface area (Å²) in [7, 11) is 0. The van der Waals surface area contributed by atoms with Gasteiger partial charge < -0.3 is 0 Å². The Kier molecular flexibility index (Phi) is 4.24. The van der Waals surface area contributed by atoms with Gasteiger partial charge in [-0.15, -0.1) is 0 Å². The molecule has 2 fully saturated rings. The lowest BCUT2D eigenvalue weighted by Gasteiger charge is -2.29. The molecule has 0 radical (unpaired) electrons. The fraction of sp³-hybridized carbons (Fsp3) is 0.333. The summed E-state index contributed by atoms with van der Waals surface area (Å²) < 4.78 is 0. The number of benzene rings is 2. The van der Waals surface area contributed by atoms with Crippen molar-refractivity contribution in [2.75, 3.05) is 9.96 Å². The largest absolute Gasteiger partial charge is 0.273 e. The lowest BCUT2D eigenvalue weighted by atomic mass is 9.90. The second-order valence-corrected chi connectivity index (χ2v) is 7.26. The molecule has 0 bridgehead atoms. The number of imide groups is 1. The van der Waals surface area contributed by atoms with Gasteiger partial charge in [0.25, 0.3) is 5.91 Å². The molecule has 2 aliphatic rings. The van der Waals surface area contributed by atoms with E-state index in [9.17, 15) is 9.59 Å². The summed E-state index contributed by atoms with van der Waals surface area (Å²) in [4.78, 5) is 33.4. The number of carbonyl (C=O) groups is 2. The van der Waals surface area contributed by atoms with Crippen LogP contribution in [0.2, 0.25) is 0 Å². The average Bonchev–Trinajstić information content (AvgIpc) is 3.12. The Morgan fingerprint density at radius 2 is 1.46 bits per heavy atom. The zero-order chi connectivity index (χ0) is 18.3. The van der Waals surface area contributed by atoms with Crippen molar-refractivity contribution in [2.24, 2.45) is 11.8 Å². The minimum Gasteiger partial charge on any atom is -0.273 e. The second kappa shape index (κ2) is 6.57. The predicted octanol–water partition coefficient (Wildman–Crippen LogP) is 3.41. The summed E-state index contributed by atoms with van der Waals surface area (Å²) >= 11 is 0. The van der Waals surface area contributed by atoms with E-state index in [0.29, 0.717) is 11.6 Å². The van der Waals surface area contributed by atoms with Crippen molar-refractivity contribution in [2.45, 2.75) is 32.4 Å². The van der Waals surface area contributed by atoms with Crippen LogP contribution in [0.25, 0.3) is 0 Å². The molecule has 0 unspecified atom stereocenters. The lowest BCUT2D eigenvalue weighted by Crippen LogP contribution is -2.41. The Hall–Kier alpha value is -2.66. The zero-order valence-electron chi connectivity index (χ0n) is 14.9. The fourth-order valence-corrected chi connectivity index (χ4v) is 3.88. The van der Waals surface area contributed by atoms with Crippen molar-refractivity contribution < 1.29 is 14.4 Å². The SMILES string of the molecule is CC(C)C[C@@H]1[C@H]2C(=O)N(c3ccccc3)C(=O)[C@@H]2ON1c1ccccc1. The van der Waals surface area contributed by atoms with Gasteiger partial charge in [0, 0.05) is 0 Å². The molecular formula is C21H22N2O3. The van der Waals surface area contributed by atoms with E-state index >= 15 is 0 Å². The summed E-state index contributed by atoms with van der Waals surface area (Å²) in [5, 5.41) is 1.77. The molecule has 5 nitrogen and oxygen atoms in total. The number of carbonyl (C=O) groups excluding carboxylic acids is 2. The number of hydroxylamine groups is 1. The van der Waals surface area contributed by atoms with Crippen LogP contribution in [0, 0.1) is 11.8 Å². The monoisotopic (exact) mass is 350 g/mol. The highest BCUT2D eigenvalue weighted by Crippen LogP contribution is 2.42. The van der Waals surface area contributed by atoms with E-state index < -0.39 is 12.0 Å². The van der Waals surface area contributed by atoms with Crippen LogP contribution in [0.5, 0.6) is 0 Å². The Morgan fingerprint density at radius 1 is 0.885 bits per heavy atom. The maximum atomic E-state index is 13.2.